The summed E-state index contributed by atoms with van der Waals surface area (Å²) in [4.78, 5) is 0.321. The Labute approximate surface area is 151 Å². The SMILES string of the molecule is C[S+]([O-])c1ccc(Cl)cc1NS(=O)(=O)c1cc2cc(Cl)ccc2o1. The zero-order chi connectivity index (χ0) is 17.5. The van der Waals surface area contributed by atoms with Gasteiger partial charge in [-0.05, 0) is 47.6 Å². The van der Waals surface area contributed by atoms with Gasteiger partial charge in [-0.15, -0.1) is 0 Å². The quantitative estimate of drug-likeness (QED) is 0.658. The second-order valence-electron chi connectivity index (χ2n) is 4.95. The fourth-order valence-corrected chi connectivity index (χ4v) is 4.29. The molecule has 0 aliphatic heterocycles. The lowest BCUT2D eigenvalue weighted by Gasteiger charge is -2.12. The van der Waals surface area contributed by atoms with E-state index in [0.29, 0.717) is 25.9 Å². The van der Waals surface area contributed by atoms with Gasteiger partial charge in [0.2, 0.25) is 5.09 Å². The van der Waals surface area contributed by atoms with Crippen LogP contribution in [0.4, 0.5) is 5.69 Å². The van der Waals surface area contributed by atoms with Gasteiger partial charge in [-0.3, -0.25) is 4.72 Å². The Balaban J connectivity index is 2.03. The molecule has 9 heteroatoms. The fourth-order valence-electron chi connectivity index (χ4n) is 2.15. The van der Waals surface area contributed by atoms with Crippen molar-refractivity contribution in [2.24, 2.45) is 0 Å². The van der Waals surface area contributed by atoms with Crippen LogP contribution in [-0.2, 0) is 21.2 Å². The van der Waals surface area contributed by atoms with E-state index in [-0.39, 0.29) is 10.8 Å². The molecule has 0 aliphatic carbocycles. The number of hydrogen-bond donors (Lipinski definition) is 1. The molecule has 1 N–H and O–H groups in total. The van der Waals surface area contributed by atoms with Crippen LogP contribution in [0.15, 0.2) is 56.9 Å². The second-order valence-corrected chi connectivity index (χ2v) is 8.78. The summed E-state index contributed by atoms with van der Waals surface area (Å²) in [6.07, 6.45) is 1.45. The minimum absolute atomic E-state index is 0.141. The number of anilines is 1. The van der Waals surface area contributed by atoms with Crippen molar-refractivity contribution in [2.75, 3.05) is 11.0 Å². The monoisotopic (exact) mass is 403 g/mol. The van der Waals surface area contributed by atoms with Gasteiger partial charge >= 0.3 is 0 Å². The van der Waals surface area contributed by atoms with E-state index in [9.17, 15) is 13.0 Å². The summed E-state index contributed by atoms with van der Waals surface area (Å²) in [5, 5.41) is 1.08. The van der Waals surface area contributed by atoms with Crippen molar-refractivity contribution < 1.29 is 17.4 Å². The van der Waals surface area contributed by atoms with E-state index < -0.39 is 21.2 Å². The van der Waals surface area contributed by atoms with Crippen LogP contribution in [0.1, 0.15) is 0 Å². The lowest BCUT2D eigenvalue weighted by Crippen LogP contribution is -2.14. The molecule has 1 unspecified atom stereocenters. The van der Waals surface area contributed by atoms with Gasteiger partial charge in [0.1, 0.15) is 17.5 Å². The molecule has 0 spiro atoms. The highest BCUT2D eigenvalue weighted by Gasteiger charge is 2.23. The zero-order valence-electron chi connectivity index (χ0n) is 12.2. The first-order chi connectivity index (χ1) is 11.3. The molecule has 0 bridgehead atoms. The first-order valence-corrected chi connectivity index (χ1v) is 10.4. The molecule has 1 heterocycles. The van der Waals surface area contributed by atoms with E-state index in [1.54, 1.807) is 24.3 Å². The fraction of sp³-hybridized carbons (Fsp3) is 0.0667. The molecular formula is C15H11Cl2NO4S2. The molecule has 2 aromatic carbocycles. The largest absolute Gasteiger partial charge is 0.612 e. The summed E-state index contributed by atoms with van der Waals surface area (Å²) in [7, 11) is -4.01. The lowest BCUT2D eigenvalue weighted by atomic mass is 10.3. The van der Waals surface area contributed by atoms with Crippen LogP contribution in [0.3, 0.4) is 0 Å². The Morgan fingerprint density at radius 1 is 1.08 bits per heavy atom. The molecule has 1 atom stereocenters. The van der Waals surface area contributed by atoms with Crippen LogP contribution in [0.5, 0.6) is 0 Å². The Hall–Kier alpha value is -1.38. The van der Waals surface area contributed by atoms with Crippen LogP contribution in [0.25, 0.3) is 11.0 Å². The van der Waals surface area contributed by atoms with Crippen molar-refractivity contribution in [2.45, 2.75) is 9.99 Å². The molecule has 126 valence electrons. The first kappa shape index (κ1) is 17.4. The molecule has 3 aromatic rings. The molecular weight excluding hydrogens is 393 g/mol. The Morgan fingerprint density at radius 2 is 1.75 bits per heavy atom. The molecule has 1 aromatic heterocycles. The van der Waals surface area contributed by atoms with Gasteiger partial charge in [0.25, 0.3) is 10.0 Å². The molecule has 0 saturated heterocycles. The minimum atomic E-state index is -4.01. The maximum Gasteiger partial charge on any atom is 0.295 e. The van der Waals surface area contributed by atoms with E-state index in [2.05, 4.69) is 4.72 Å². The maximum atomic E-state index is 12.6. The van der Waals surface area contributed by atoms with Gasteiger partial charge in [-0.2, -0.15) is 8.42 Å². The molecule has 0 fully saturated rings. The van der Waals surface area contributed by atoms with Gasteiger partial charge in [0.05, 0.1) is 0 Å². The average molecular weight is 404 g/mol. The van der Waals surface area contributed by atoms with Gasteiger partial charge in [-0.25, -0.2) is 0 Å². The van der Waals surface area contributed by atoms with E-state index in [1.165, 1.54) is 24.5 Å². The van der Waals surface area contributed by atoms with Crippen molar-refractivity contribution in [3.63, 3.8) is 0 Å². The number of sulfonamides is 1. The standard InChI is InChI=1S/C15H11Cl2NO4S2/c1-23(19)14-5-3-11(17)8-12(14)18-24(20,21)15-7-9-6-10(16)2-4-13(9)22-15/h2-8,18H,1H3. The van der Waals surface area contributed by atoms with Crippen LogP contribution >= 0.6 is 23.2 Å². The van der Waals surface area contributed by atoms with Gasteiger partial charge < -0.3 is 8.97 Å². The highest BCUT2D eigenvalue weighted by Crippen LogP contribution is 2.30. The third-order valence-electron chi connectivity index (χ3n) is 3.22. The summed E-state index contributed by atoms with van der Waals surface area (Å²) in [5.41, 5.74) is 0.534. The van der Waals surface area contributed by atoms with Gasteiger partial charge in [0, 0.05) is 21.5 Å². The van der Waals surface area contributed by atoms with Gasteiger partial charge in [-0.1, -0.05) is 23.2 Å². The topological polar surface area (TPSA) is 82.4 Å². The number of furan rings is 1. The Kier molecular flexibility index (Phi) is 4.72. The summed E-state index contributed by atoms with van der Waals surface area (Å²) in [6.45, 7) is 0. The summed E-state index contributed by atoms with van der Waals surface area (Å²) >= 11 is 10.4. The number of fused-ring (bicyclic) bond motifs is 1. The summed E-state index contributed by atoms with van der Waals surface area (Å²) in [5.74, 6) is 0. The summed E-state index contributed by atoms with van der Waals surface area (Å²) in [6, 6.07) is 10.6. The van der Waals surface area contributed by atoms with E-state index in [0.717, 1.165) is 0 Å². The second kappa shape index (κ2) is 6.50. The minimum Gasteiger partial charge on any atom is -0.612 e. The highest BCUT2D eigenvalue weighted by molar-refractivity contribution is 7.93. The molecule has 3 rings (SSSR count). The van der Waals surface area contributed by atoms with E-state index >= 15 is 0 Å². The van der Waals surface area contributed by atoms with Crippen molar-refractivity contribution in [1.82, 2.24) is 0 Å². The molecule has 5 nitrogen and oxygen atoms in total. The Morgan fingerprint density at radius 3 is 2.46 bits per heavy atom. The normalized spacial score (nSPS) is 13.2. The van der Waals surface area contributed by atoms with Gasteiger partial charge in [0.15, 0.2) is 4.90 Å². The smallest absolute Gasteiger partial charge is 0.295 e. The highest BCUT2D eigenvalue weighted by atomic mass is 35.5. The molecule has 0 radical (unpaired) electrons. The predicted octanol–water partition coefficient (Wildman–Crippen LogP) is 4.28. The molecule has 0 saturated carbocycles. The number of rotatable bonds is 4. The predicted molar refractivity (Wildman–Crippen MR) is 95.8 cm³/mol. The van der Waals surface area contributed by atoms with Crippen molar-refractivity contribution in [3.05, 3.63) is 52.5 Å². The average Bonchev–Trinajstić information content (AvgIpc) is 2.90. The first-order valence-electron chi connectivity index (χ1n) is 6.61. The van der Waals surface area contributed by atoms with E-state index in [1.807, 2.05) is 0 Å². The third kappa shape index (κ3) is 3.50. The van der Waals surface area contributed by atoms with Crippen LogP contribution < -0.4 is 4.72 Å². The number of benzene rings is 2. The van der Waals surface area contributed by atoms with Crippen LogP contribution in [0.2, 0.25) is 10.0 Å². The molecule has 0 amide bonds. The van der Waals surface area contributed by atoms with Crippen molar-refractivity contribution >= 4 is 61.1 Å². The molecule has 0 aliphatic rings. The number of hydrogen-bond acceptors (Lipinski definition) is 4. The zero-order valence-corrected chi connectivity index (χ0v) is 15.4. The maximum absolute atomic E-state index is 12.6. The third-order valence-corrected chi connectivity index (χ3v) is 5.88. The van der Waals surface area contributed by atoms with Crippen molar-refractivity contribution in [3.8, 4) is 0 Å². The van der Waals surface area contributed by atoms with Crippen molar-refractivity contribution in [1.29, 1.82) is 0 Å². The van der Waals surface area contributed by atoms with Crippen LogP contribution in [0, 0.1) is 0 Å². The number of halogens is 2. The lowest BCUT2D eigenvalue weighted by molar-refractivity contribution is 0.484. The molecule has 24 heavy (non-hydrogen) atoms. The van der Waals surface area contributed by atoms with Crippen LogP contribution in [-0.4, -0.2) is 19.2 Å². The summed E-state index contributed by atoms with van der Waals surface area (Å²) < 4.78 is 44.6. The number of nitrogens with one attached hydrogen (secondary N) is 1. The van der Waals surface area contributed by atoms with E-state index in [4.69, 9.17) is 27.6 Å². The Bertz CT molecular complexity index is 1020.